The zero-order chi connectivity index (χ0) is 19.5. The van der Waals surface area contributed by atoms with Crippen LogP contribution in [0.5, 0.6) is 0 Å². The summed E-state index contributed by atoms with van der Waals surface area (Å²) in [5, 5.41) is 9.76. The highest BCUT2D eigenvalue weighted by atomic mass is 32.1. The van der Waals surface area contributed by atoms with Crippen molar-refractivity contribution in [2.24, 2.45) is 5.10 Å². The van der Waals surface area contributed by atoms with Crippen molar-refractivity contribution in [2.75, 3.05) is 6.61 Å². The van der Waals surface area contributed by atoms with Crippen molar-refractivity contribution in [3.8, 4) is 0 Å². The van der Waals surface area contributed by atoms with Gasteiger partial charge in [-0.3, -0.25) is 4.79 Å². The van der Waals surface area contributed by atoms with Crippen LogP contribution in [0.4, 0.5) is 4.39 Å². The Hall–Kier alpha value is -2.84. The van der Waals surface area contributed by atoms with Gasteiger partial charge >= 0.3 is 5.97 Å². The summed E-state index contributed by atoms with van der Waals surface area (Å²) in [5.74, 6) is -2.01. The number of hydrogen-bond acceptors (Lipinski definition) is 6. The number of rotatable bonds is 5. The molecule has 2 aromatic heterocycles. The van der Waals surface area contributed by atoms with Crippen LogP contribution in [0.15, 0.2) is 64.4 Å². The van der Waals surface area contributed by atoms with Crippen LogP contribution in [-0.2, 0) is 9.53 Å². The smallest absolute Gasteiger partial charge is 0.341 e. The molecule has 1 aliphatic heterocycles. The number of amides is 1. The SMILES string of the molecule is O=C(OCC(=O)N1N=C(c2cccs2)CC1c1cccs1)c1ccccc1F. The summed E-state index contributed by atoms with van der Waals surface area (Å²) in [5.41, 5.74) is 0.622. The molecule has 28 heavy (non-hydrogen) atoms. The van der Waals surface area contributed by atoms with Gasteiger partial charge in [-0.25, -0.2) is 14.2 Å². The number of halogens is 1. The molecule has 0 fully saturated rings. The molecule has 3 heterocycles. The highest BCUT2D eigenvalue weighted by Gasteiger charge is 2.34. The summed E-state index contributed by atoms with van der Waals surface area (Å²) in [4.78, 5) is 26.8. The second-order valence-corrected chi connectivity index (χ2v) is 7.98. The largest absolute Gasteiger partial charge is 0.452 e. The summed E-state index contributed by atoms with van der Waals surface area (Å²) in [6.45, 7) is -0.504. The number of thiophene rings is 2. The second kappa shape index (κ2) is 8.04. The standard InChI is InChI=1S/C20H15FN2O3S2/c21-14-6-2-1-5-13(14)20(25)26-12-19(24)23-16(18-8-4-10-28-18)11-15(22-23)17-7-3-9-27-17/h1-10,16H,11-12H2. The lowest BCUT2D eigenvalue weighted by Gasteiger charge is -2.20. The molecule has 4 rings (SSSR count). The van der Waals surface area contributed by atoms with Gasteiger partial charge in [0, 0.05) is 11.3 Å². The van der Waals surface area contributed by atoms with E-state index in [1.807, 2.05) is 35.0 Å². The van der Waals surface area contributed by atoms with Gasteiger partial charge in [0.05, 0.1) is 22.2 Å². The predicted molar refractivity (Wildman–Crippen MR) is 106 cm³/mol. The molecule has 0 bridgehead atoms. The van der Waals surface area contributed by atoms with Crippen LogP contribution in [0.2, 0.25) is 0 Å². The molecule has 0 saturated carbocycles. The number of hydrogen-bond donors (Lipinski definition) is 0. The molecule has 1 amide bonds. The first-order valence-corrected chi connectivity index (χ1v) is 10.3. The molecule has 1 aromatic carbocycles. The van der Waals surface area contributed by atoms with E-state index in [1.165, 1.54) is 29.3 Å². The molecular formula is C20H15FN2O3S2. The average Bonchev–Trinajstić information content (AvgIpc) is 3.46. The number of ether oxygens (including phenoxy) is 1. The maximum atomic E-state index is 13.7. The Morgan fingerprint density at radius 1 is 1.11 bits per heavy atom. The molecule has 8 heteroatoms. The fourth-order valence-corrected chi connectivity index (χ4v) is 4.47. The topological polar surface area (TPSA) is 59.0 Å². The monoisotopic (exact) mass is 414 g/mol. The maximum absolute atomic E-state index is 13.7. The van der Waals surface area contributed by atoms with Crippen LogP contribution in [0, 0.1) is 5.82 Å². The molecule has 3 aromatic rings. The normalized spacial score (nSPS) is 16.1. The molecular weight excluding hydrogens is 399 g/mol. The lowest BCUT2D eigenvalue weighted by molar-refractivity contribution is -0.136. The van der Waals surface area contributed by atoms with E-state index in [9.17, 15) is 14.0 Å². The molecule has 5 nitrogen and oxygen atoms in total. The van der Waals surface area contributed by atoms with E-state index >= 15 is 0 Å². The minimum absolute atomic E-state index is 0.200. The fraction of sp³-hybridized carbons (Fsp3) is 0.150. The number of benzene rings is 1. The molecule has 0 radical (unpaired) electrons. The summed E-state index contributed by atoms with van der Waals surface area (Å²) in [7, 11) is 0. The first-order chi connectivity index (χ1) is 13.6. The van der Waals surface area contributed by atoms with Crippen molar-refractivity contribution in [1.82, 2.24) is 5.01 Å². The third-order valence-electron chi connectivity index (χ3n) is 4.26. The predicted octanol–water partition coefficient (Wildman–Crippen LogP) is 4.48. The van der Waals surface area contributed by atoms with E-state index in [1.54, 1.807) is 22.7 Å². The van der Waals surface area contributed by atoms with Crippen molar-refractivity contribution in [1.29, 1.82) is 0 Å². The Morgan fingerprint density at radius 3 is 2.61 bits per heavy atom. The number of esters is 1. The highest BCUT2D eigenvalue weighted by Crippen LogP contribution is 2.35. The molecule has 0 N–H and O–H groups in total. The van der Waals surface area contributed by atoms with E-state index < -0.39 is 24.3 Å². The third kappa shape index (κ3) is 3.74. The van der Waals surface area contributed by atoms with E-state index in [0.29, 0.717) is 6.42 Å². The first kappa shape index (κ1) is 18.5. The minimum atomic E-state index is -0.874. The Balaban J connectivity index is 1.50. The van der Waals surface area contributed by atoms with Gasteiger partial charge in [0.2, 0.25) is 0 Å². The van der Waals surface area contributed by atoms with Crippen molar-refractivity contribution in [3.05, 3.63) is 80.4 Å². The zero-order valence-corrected chi connectivity index (χ0v) is 16.2. The van der Waals surface area contributed by atoms with Crippen LogP contribution in [0.1, 0.15) is 32.6 Å². The number of carbonyl (C=O) groups excluding carboxylic acids is 2. The summed E-state index contributed by atoms with van der Waals surface area (Å²) >= 11 is 3.10. The Morgan fingerprint density at radius 2 is 1.89 bits per heavy atom. The zero-order valence-electron chi connectivity index (χ0n) is 14.6. The van der Waals surface area contributed by atoms with Gasteiger partial charge in [0.25, 0.3) is 5.91 Å². The van der Waals surface area contributed by atoms with Crippen LogP contribution in [0.25, 0.3) is 0 Å². The van der Waals surface area contributed by atoms with E-state index in [0.717, 1.165) is 15.5 Å². The van der Waals surface area contributed by atoms with Crippen LogP contribution in [0.3, 0.4) is 0 Å². The van der Waals surface area contributed by atoms with Gasteiger partial charge in [0.1, 0.15) is 5.82 Å². The van der Waals surface area contributed by atoms with Crippen molar-refractivity contribution in [3.63, 3.8) is 0 Å². The summed E-state index contributed by atoms with van der Waals surface area (Å²) in [6.07, 6.45) is 0.591. The van der Waals surface area contributed by atoms with E-state index in [-0.39, 0.29) is 11.6 Å². The molecule has 0 aliphatic carbocycles. The average molecular weight is 414 g/mol. The van der Waals surface area contributed by atoms with E-state index in [2.05, 4.69) is 5.10 Å². The first-order valence-electron chi connectivity index (χ1n) is 8.52. The van der Waals surface area contributed by atoms with Crippen LogP contribution in [-0.4, -0.2) is 29.2 Å². The second-order valence-electron chi connectivity index (χ2n) is 6.05. The molecule has 142 valence electrons. The van der Waals surface area contributed by atoms with Crippen LogP contribution >= 0.6 is 22.7 Å². The van der Waals surface area contributed by atoms with Crippen molar-refractivity contribution in [2.45, 2.75) is 12.5 Å². The number of carbonyl (C=O) groups is 2. The molecule has 0 saturated heterocycles. The van der Waals surface area contributed by atoms with Crippen LogP contribution < -0.4 is 0 Å². The molecule has 1 atom stereocenters. The van der Waals surface area contributed by atoms with Gasteiger partial charge in [-0.15, -0.1) is 22.7 Å². The van der Waals surface area contributed by atoms with E-state index in [4.69, 9.17) is 4.74 Å². The third-order valence-corrected chi connectivity index (χ3v) is 6.16. The fourth-order valence-electron chi connectivity index (χ4n) is 2.93. The lowest BCUT2D eigenvalue weighted by atomic mass is 10.1. The van der Waals surface area contributed by atoms with Crippen molar-refractivity contribution >= 4 is 40.3 Å². The Bertz CT molecular complexity index is 1020. The van der Waals surface area contributed by atoms with Gasteiger partial charge in [0.15, 0.2) is 6.61 Å². The van der Waals surface area contributed by atoms with Crippen molar-refractivity contribution < 1.29 is 18.7 Å². The Labute approximate surface area is 168 Å². The minimum Gasteiger partial charge on any atom is -0.452 e. The maximum Gasteiger partial charge on any atom is 0.341 e. The van der Waals surface area contributed by atoms with Gasteiger partial charge in [-0.1, -0.05) is 24.3 Å². The van der Waals surface area contributed by atoms with Gasteiger partial charge in [-0.05, 0) is 35.0 Å². The summed E-state index contributed by atoms with van der Waals surface area (Å²) in [6, 6.07) is 13.0. The van der Waals surface area contributed by atoms with Gasteiger partial charge < -0.3 is 4.74 Å². The molecule has 0 spiro atoms. The molecule has 1 aliphatic rings. The number of nitrogens with zero attached hydrogens (tertiary/aromatic N) is 2. The quantitative estimate of drug-likeness (QED) is 0.578. The number of hydrazone groups is 1. The summed E-state index contributed by atoms with van der Waals surface area (Å²) < 4.78 is 18.7. The lowest BCUT2D eigenvalue weighted by Crippen LogP contribution is -2.31. The van der Waals surface area contributed by atoms with Gasteiger partial charge in [-0.2, -0.15) is 5.10 Å². The molecule has 1 unspecified atom stereocenters. The highest BCUT2D eigenvalue weighted by molar-refractivity contribution is 7.12. The Kier molecular flexibility index (Phi) is 5.31.